The molecule has 0 saturated carbocycles. The summed E-state index contributed by atoms with van der Waals surface area (Å²) < 4.78 is 0. The molecule has 0 bridgehead atoms. The molecule has 0 radical (unpaired) electrons. The van der Waals surface area contributed by atoms with Crippen molar-refractivity contribution in [3.63, 3.8) is 0 Å². The maximum absolute atomic E-state index is 12.0. The van der Waals surface area contributed by atoms with Crippen LogP contribution in [0.2, 0.25) is 0 Å². The van der Waals surface area contributed by atoms with Crippen molar-refractivity contribution in [2.75, 3.05) is 6.54 Å². The smallest absolute Gasteiger partial charge is 0.257 e. The van der Waals surface area contributed by atoms with Gasteiger partial charge in [0.05, 0.1) is 0 Å². The summed E-state index contributed by atoms with van der Waals surface area (Å²) in [4.78, 5) is 25.2. The van der Waals surface area contributed by atoms with Gasteiger partial charge in [-0.3, -0.25) is 9.59 Å². The third-order valence-electron chi connectivity index (χ3n) is 2.91. The van der Waals surface area contributed by atoms with Crippen molar-refractivity contribution in [1.29, 1.82) is 0 Å². The van der Waals surface area contributed by atoms with E-state index in [-0.39, 0.29) is 0 Å². The lowest BCUT2D eigenvalue weighted by Crippen LogP contribution is -2.45. The summed E-state index contributed by atoms with van der Waals surface area (Å²) >= 11 is 1.31. The maximum atomic E-state index is 12.0. The second kappa shape index (κ2) is 4.85. The van der Waals surface area contributed by atoms with Gasteiger partial charge in [0.15, 0.2) is 6.10 Å². The van der Waals surface area contributed by atoms with Gasteiger partial charge < -0.3 is 15.7 Å². The second-order valence-electron chi connectivity index (χ2n) is 4.01. The molecule has 1 aliphatic rings. The van der Waals surface area contributed by atoms with E-state index in [0.717, 1.165) is 6.42 Å². The predicted molar refractivity (Wildman–Crippen MR) is 63.2 cm³/mol. The Labute approximate surface area is 103 Å². The number of nitrogens with zero attached hydrogens (tertiary/aromatic N) is 1. The lowest BCUT2D eigenvalue weighted by atomic mass is 10.2. The summed E-state index contributed by atoms with van der Waals surface area (Å²) in [5.74, 6) is -0.942. The van der Waals surface area contributed by atoms with Crippen molar-refractivity contribution in [3.8, 4) is 0 Å². The normalized spacial score (nSPS) is 21.5. The number of amides is 2. The van der Waals surface area contributed by atoms with Gasteiger partial charge in [0.1, 0.15) is 6.04 Å². The molecule has 2 amide bonds. The summed E-state index contributed by atoms with van der Waals surface area (Å²) in [5, 5.41) is 11.7. The molecule has 6 heteroatoms. The Balaban J connectivity index is 2.12. The van der Waals surface area contributed by atoms with Crippen LogP contribution in [0.15, 0.2) is 17.5 Å². The van der Waals surface area contributed by atoms with Crippen LogP contribution < -0.4 is 5.73 Å². The molecule has 5 nitrogen and oxygen atoms in total. The molecular weight excluding hydrogens is 240 g/mol. The minimum absolute atomic E-state index is 0.436. The fourth-order valence-electron chi connectivity index (χ4n) is 2.05. The largest absolute Gasteiger partial charge is 0.378 e. The number of rotatable bonds is 3. The number of likely N-dealkylation sites (tertiary alicyclic amines) is 1. The number of hydrogen-bond acceptors (Lipinski definition) is 4. The minimum Gasteiger partial charge on any atom is -0.378 e. The van der Waals surface area contributed by atoms with E-state index >= 15 is 0 Å². The van der Waals surface area contributed by atoms with Gasteiger partial charge >= 0.3 is 0 Å². The average molecular weight is 254 g/mol. The highest BCUT2D eigenvalue weighted by Crippen LogP contribution is 2.25. The van der Waals surface area contributed by atoms with E-state index in [2.05, 4.69) is 0 Å². The van der Waals surface area contributed by atoms with Gasteiger partial charge in [-0.05, 0) is 24.3 Å². The molecule has 1 aliphatic heterocycles. The number of hydrogen-bond donors (Lipinski definition) is 2. The Morgan fingerprint density at radius 2 is 2.35 bits per heavy atom. The lowest BCUT2D eigenvalue weighted by molar-refractivity contribution is -0.144. The maximum Gasteiger partial charge on any atom is 0.257 e. The third-order valence-corrected chi connectivity index (χ3v) is 3.84. The number of thiophene rings is 1. The number of carbonyl (C=O) groups excluding carboxylic acids is 2. The van der Waals surface area contributed by atoms with Crippen LogP contribution in [0.5, 0.6) is 0 Å². The van der Waals surface area contributed by atoms with Gasteiger partial charge in [-0.1, -0.05) is 6.07 Å². The zero-order valence-corrected chi connectivity index (χ0v) is 10.0. The van der Waals surface area contributed by atoms with E-state index in [0.29, 0.717) is 17.8 Å². The van der Waals surface area contributed by atoms with Gasteiger partial charge in [-0.15, -0.1) is 11.3 Å². The Morgan fingerprint density at radius 1 is 1.59 bits per heavy atom. The quantitative estimate of drug-likeness (QED) is 0.811. The van der Waals surface area contributed by atoms with Crippen molar-refractivity contribution in [3.05, 3.63) is 22.4 Å². The monoisotopic (exact) mass is 254 g/mol. The van der Waals surface area contributed by atoms with Gasteiger partial charge in [0.2, 0.25) is 5.91 Å². The van der Waals surface area contributed by atoms with Crippen molar-refractivity contribution in [1.82, 2.24) is 4.90 Å². The Bertz CT molecular complexity index is 418. The molecule has 1 aromatic heterocycles. The van der Waals surface area contributed by atoms with E-state index in [1.807, 2.05) is 0 Å². The molecule has 0 spiro atoms. The number of primary amides is 1. The van der Waals surface area contributed by atoms with Crippen molar-refractivity contribution in [2.24, 2.45) is 5.73 Å². The Hall–Kier alpha value is -1.40. The molecule has 0 aromatic carbocycles. The molecule has 3 N–H and O–H groups in total. The molecule has 2 rings (SSSR count). The van der Waals surface area contributed by atoms with Crippen LogP contribution in [0.4, 0.5) is 0 Å². The molecular formula is C11H14N2O3S. The zero-order chi connectivity index (χ0) is 12.4. The van der Waals surface area contributed by atoms with Gasteiger partial charge in [-0.2, -0.15) is 0 Å². The molecule has 92 valence electrons. The topological polar surface area (TPSA) is 83.6 Å². The number of aliphatic hydroxyl groups is 1. The van der Waals surface area contributed by atoms with Crippen molar-refractivity contribution >= 4 is 23.2 Å². The molecule has 2 unspecified atom stereocenters. The molecule has 17 heavy (non-hydrogen) atoms. The number of carbonyl (C=O) groups is 2. The molecule has 1 aromatic rings. The Kier molecular flexibility index (Phi) is 3.44. The minimum atomic E-state index is -1.19. The Morgan fingerprint density at radius 3 is 2.94 bits per heavy atom. The van der Waals surface area contributed by atoms with E-state index in [4.69, 9.17) is 5.73 Å². The van der Waals surface area contributed by atoms with E-state index in [1.54, 1.807) is 17.5 Å². The first-order valence-corrected chi connectivity index (χ1v) is 6.30. The fraction of sp³-hybridized carbons (Fsp3) is 0.455. The highest BCUT2D eigenvalue weighted by molar-refractivity contribution is 7.10. The van der Waals surface area contributed by atoms with Crippen molar-refractivity contribution in [2.45, 2.75) is 25.0 Å². The standard InChI is InChI=1S/C11H14N2O3S/c12-10(15)7-3-1-5-13(7)11(16)9(14)8-4-2-6-17-8/h2,4,6-7,9,14H,1,3,5H2,(H2,12,15). The second-order valence-corrected chi connectivity index (χ2v) is 4.99. The van der Waals surface area contributed by atoms with Crippen LogP contribution in [0, 0.1) is 0 Å². The molecule has 0 aliphatic carbocycles. The van der Waals surface area contributed by atoms with Crippen LogP contribution in [-0.4, -0.2) is 34.4 Å². The predicted octanol–water partition coefficient (Wildman–Crippen LogP) is 0.258. The first-order valence-electron chi connectivity index (χ1n) is 5.42. The summed E-state index contributed by atoms with van der Waals surface area (Å²) in [6, 6.07) is 2.89. The van der Waals surface area contributed by atoms with Crippen LogP contribution in [0.1, 0.15) is 23.8 Å². The van der Waals surface area contributed by atoms with Gasteiger partial charge in [0.25, 0.3) is 5.91 Å². The third kappa shape index (κ3) is 2.32. The summed E-state index contributed by atoms with van der Waals surface area (Å²) in [6.45, 7) is 0.481. The average Bonchev–Trinajstić information content (AvgIpc) is 2.97. The van der Waals surface area contributed by atoms with Crippen LogP contribution in [-0.2, 0) is 9.59 Å². The molecule has 2 atom stereocenters. The van der Waals surface area contributed by atoms with Crippen LogP contribution in [0.25, 0.3) is 0 Å². The van der Waals surface area contributed by atoms with Gasteiger partial charge in [0, 0.05) is 11.4 Å². The SMILES string of the molecule is NC(=O)C1CCCN1C(=O)C(O)c1cccs1. The highest BCUT2D eigenvalue weighted by atomic mass is 32.1. The first kappa shape index (κ1) is 12.1. The summed E-state index contributed by atoms with van der Waals surface area (Å²) in [7, 11) is 0. The van der Waals surface area contributed by atoms with E-state index < -0.39 is 24.0 Å². The van der Waals surface area contributed by atoms with Crippen LogP contribution in [0.3, 0.4) is 0 Å². The fourth-order valence-corrected chi connectivity index (χ4v) is 2.75. The molecule has 1 saturated heterocycles. The van der Waals surface area contributed by atoms with E-state index in [1.165, 1.54) is 16.2 Å². The van der Waals surface area contributed by atoms with Gasteiger partial charge in [-0.25, -0.2) is 0 Å². The number of aliphatic hydroxyl groups excluding tert-OH is 1. The number of nitrogens with two attached hydrogens (primary N) is 1. The summed E-state index contributed by atoms with van der Waals surface area (Å²) in [5.41, 5.74) is 5.23. The van der Waals surface area contributed by atoms with Crippen molar-refractivity contribution < 1.29 is 14.7 Å². The molecule has 1 fully saturated rings. The first-order chi connectivity index (χ1) is 8.11. The lowest BCUT2D eigenvalue weighted by Gasteiger charge is -2.24. The highest BCUT2D eigenvalue weighted by Gasteiger charge is 2.36. The zero-order valence-electron chi connectivity index (χ0n) is 9.20. The molecule has 2 heterocycles. The van der Waals surface area contributed by atoms with Crippen LogP contribution >= 0.6 is 11.3 Å². The van der Waals surface area contributed by atoms with E-state index in [9.17, 15) is 14.7 Å². The summed E-state index contributed by atoms with van der Waals surface area (Å²) in [6.07, 6.45) is 0.143.